The molecule has 3 aliphatic rings. The van der Waals surface area contributed by atoms with Crippen LogP contribution in [0.3, 0.4) is 0 Å². The van der Waals surface area contributed by atoms with Crippen molar-refractivity contribution in [2.24, 2.45) is 11.8 Å². The molecule has 62 heavy (non-hydrogen) atoms. The number of hydrogen-bond acceptors (Lipinski definition) is 9. The monoisotopic (exact) mass is 855 g/mol. The number of alkyl carbamates (subject to hydrolysis) is 2. The van der Waals surface area contributed by atoms with Gasteiger partial charge in [0.2, 0.25) is 11.8 Å². The van der Waals surface area contributed by atoms with Crippen LogP contribution < -0.4 is 15.4 Å². The molecule has 0 saturated carbocycles. The van der Waals surface area contributed by atoms with Gasteiger partial charge in [0.15, 0.2) is 6.23 Å². The summed E-state index contributed by atoms with van der Waals surface area (Å²) in [7, 11) is 2.45. The van der Waals surface area contributed by atoms with Crippen LogP contribution in [0.15, 0.2) is 54.9 Å². The molecule has 2 aromatic carbocycles. The molecule has 0 radical (unpaired) electrons. The third-order valence-corrected chi connectivity index (χ3v) is 12.1. The Morgan fingerprint density at radius 2 is 1.26 bits per heavy atom. The number of carbonyl (C=O) groups is 4. The molecule has 3 aromatic heterocycles. The Balaban J connectivity index is 1.02. The highest BCUT2D eigenvalue weighted by Crippen LogP contribution is 2.45. The van der Waals surface area contributed by atoms with Gasteiger partial charge < -0.3 is 49.2 Å². The summed E-state index contributed by atoms with van der Waals surface area (Å²) in [5.74, 6) is 0.224. The second kappa shape index (κ2) is 16.8. The summed E-state index contributed by atoms with van der Waals surface area (Å²) in [6, 6.07) is 10.9. The number of nitrogens with one attached hydrogen (secondary N) is 4. The number of benzene rings is 2. The smallest absolute Gasteiger partial charge is 0.407 e. The van der Waals surface area contributed by atoms with Crippen LogP contribution >= 0.6 is 0 Å². The quantitative estimate of drug-likeness (QED) is 0.115. The summed E-state index contributed by atoms with van der Waals surface area (Å²) < 4.78 is 47.9. The Labute approximate surface area is 356 Å². The fourth-order valence-electron chi connectivity index (χ4n) is 8.87. The van der Waals surface area contributed by atoms with Crippen molar-refractivity contribution in [3.05, 3.63) is 66.5 Å². The van der Waals surface area contributed by atoms with Gasteiger partial charge in [-0.1, -0.05) is 39.8 Å². The molecule has 16 nitrogen and oxygen atoms in total. The van der Waals surface area contributed by atoms with E-state index >= 15 is 0 Å². The van der Waals surface area contributed by atoms with Gasteiger partial charge in [-0.15, -0.1) is 0 Å². The highest BCUT2D eigenvalue weighted by Gasteiger charge is 2.43. The van der Waals surface area contributed by atoms with Crippen LogP contribution in [0, 0.1) is 11.8 Å². The number of imidazole rings is 2. The number of methoxy groups -OCH3 is 2. The van der Waals surface area contributed by atoms with Crippen LogP contribution in [0.4, 0.5) is 18.4 Å². The van der Waals surface area contributed by atoms with Crippen molar-refractivity contribution in [3.63, 3.8) is 0 Å². The average molecular weight is 856 g/mol. The predicted molar refractivity (Wildman–Crippen MR) is 224 cm³/mol. The highest BCUT2D eigenvalue weighted by molar-refractivity contribution is 5.92. The van der Waals surface area contributed by atoms with Gasteiger partial charge in [-0.25, -0.2) is 28.3 Å². The molecule has 328 valence electrons. The van der Waals surface area contributed by atoms with E-state index in [4.69, 9.17) is 14.2 Å². The molecule has 0 bridgehead atoms. The standard InChI is InChI=1S/C44H51F2N9O7/c1-21(2)37(51-43(58)60-6)41(56)53-19-27(45)15-34(53)39-47-17-30(49-39)24-9-11-32-26(12-24)13-33-29-10-8-25(14-36(29)62-23(5)55(32)33)31-18-48-40(50-31)35-16-28(46)20-54(35)42(57)38(22(3)4)52-44(59)61-7/h8-14,17-18,21-23,27-28,34-35,37-38H,15-16,19-20H2,1-7H3,(H,47,49)(H,48,50)(H,51,58)(H,52,59)/t23?,27-,28-,34+,35+,37+,38+/m1/s1. The van der Waals surface area contributed by atoms with Crippen molar-refractivity contribution in [1.29, 1.82) is 0 Å². The summed E-state index contributed by atoms with van der Waals surface area (Å²) in [6.45, 7) is 8.95. The SMILES string of the molecule is COC(=O)N[C@H](C(=O)N1C[C@H](F)C[C@H]1c1ncc(-c2ccc3c(c2)OC(C)n2c-3cc3cc(-c4cnc([C@@H]5C[C@@H](F)CN5C(=O)[C@@H](NC(=O)OC)C(C)C)[nH]4)ccc32)[nH]1)C(C)C. The minimum Gasteiger partial charge on any atom is -0.470 e. The summed E-state index contributed by atoms with van der Waals surface area (Å²) >= 11 is 0. The molecule has 5 aromatic rings. The number of rotatable bonds is 10. The van der Waals surface area contributed by atoms with E-state index in [0.29, 0.717) is 28.8 Å². The Morgan fingerprint density at radius 1 is 0.758 bits per heavy atom. The molecule has 3 aliphatic heterocycles. The lowest BCUT2D eigenvalue weighted by Crippen LogP contribution is -2.51. The topological polar surface area (TPSA) is 189 Å². The summed E-state index contributed by atoms with van der Waals surface area (Å²) in [4.78, 5) is 70.0. The predicted octanol–water partition coefficient (Wildman–Crippen LogP) is 6.98. The van der Waals surface area contributed by atoms with Crippen LogP contribution in [-0.4, -0.2) is 110 Å². The first-order chi connectivity index (χ1) is 29.6. The summed E-state index contributed by atoms with van der Waals surface area (Å²) in [5, 5.41) is 6.13. The number of H-pyrrole nitrogens is 2. The minimum absolute atomic E-state index is 0.0660. The van der Waals surface area contributed by atoms with E-state index in [1.54, 1.807) is 40.1 Å². The van der Waals surface area contributed by atoms with E-state index in [-0.39, 0.29) is 44.0 Å². The molecule has 2 saturated heterocycles. The first-order valence-corrected chi connectivity index (χ1v) is 20.8. The second-order valence-electron chi connectivity index (χ2n) is 16.9. The van der Waals surface area contributed by atoms with E-state index in [1.807, 2.05) is 43.3 Å². The van der Waals surface area contributed by atoms with E-state index < -0.39 is 60.5 Å². The molecular weight excluding hydrogens is 805 g/mol. The number of carbonyl (C=O) groups excluding carboxylic acids is 4. The number of hydrogen-bond donors (Lipinski definition) is 4. The molecule has 6 heterocycles. The maximum Gasteiger partial charge on any atom is 0.407 e. The maximum absolute atomic E-state index is 14.9. The number of aromatic nitrogens is 5. The number of nitrogens with zero attached hydrogens (tertiary/aromatic N) is 5. The Morgan fingerprint density at radius 3 is 1.76 bits per heavy atom. The van der Waals surface area contributed by atoms with Crippen LogP contribution in [0.2, 0.25) is 0 Å². The first-order valence-electron chi connectivity index (χ1n) is 20.8. The van der Waals surface area contributed by atoms with Gasteiger partial charge in [0, 0.05) is 34.9 Å². The minimum atomic E-state index is -1.26. The van der Waals surface area contributed by atoms with Crippen LogP contribution in [-0.2, 0) is 19.1 Å². The van der Waals surface area contributed by atoms with Crippen LogP contribution in [0.5, 0.6) is 5.75 Å². The van der Waals surface area contributed by atoms with Crippen molar-refractivity contribution in [2.45, 2.75) is 90.2 Å². The fourth-order valence-corrected chi connectivity index (χ4v) is 8.87. The number of fused-ring (bicyclic) bond motifs is 5. The number of amides is 4. The lowest BCUT2D eigenvalue weighted by Gasteiger charge is -2.29. The van der Waals surface area contributed by atoms with Crippen LogP contribution in [0.1, 0.15) is 77.4 Å². The molecule has 4 amide bonds. The van der Waals surface area contributed by atoms with Gasteiger partial charge in [0.1, 0.15) is 41.8 Å². The molecule has 0 aliphatic carbocycles. The van der Waals surface area contributed by atoms with E-state index in [2.05, 4.69) is 41.2 Å². The summed E-state index contributed by atoms with van der Waals surface area (Å²) in [5.41, 5.74) is 5.80. The third-order valence-electron chi connectivity index (χ3n) is 12.1. The molecule has 8 rings (SSSR count). The molecule has 1 unspecified atom stereocenters. The van der Waals surface area contributed by atoms with E-state index in [9.17, 15) is 28.0 Å². The second-order valence-corrected chi connectivity index (χ2v) is 16.9. The molecule has 18 heteroatoms. The van der Waals surface area contributed by atoms with E-state index in [0.717, 1.165) is 33.3 Å². The zero-order valence-electron chi connectivity index (χ0n) is 35.6. The molecule has 0 spiro atoms. The van der Waals surface area contributed by atoms with Gasteiger partial charge in [-0.05, 0) is 49.1 Å². The lowest BCUT2D eigenvalue weighted by molar-refractivity contribution is -0.136. The number of aromatic amines is 2. The zero-order chi connectivity index (χ0) is 44.1. The fraction of sp³-hybridized carbons (Fsp3) is 0.455. The lowest BCUT2D eigenvalue weighted by atomic mass is 10.0. The normalized spacial score (nSPS) is 21.7. The number of halogens is 2. The average Bonchev–Trinajstić information content (AvgIpc) is 4.10. The van der Waals surface area contributed by atoms with Gasteiger partial charge in [0.05, 0.1) is 74.4 Å². The van der Waals surface area contributed by atoms with Crippen molar-refractivity contribution in [1.82, 2.24) is 44.9 Å². The van der Waals surface area contributed by atoms with Crippen molar-refractivity contribution >= 4 is 34.9 Å². The van der Waals surface area contributed by atoms with Gasteiger partial charge in [-0.3, -0.25) is 9.59 Å². The van der Waals surface area contributed by atoms with Gasteiger partial charge in [0.25, 0.3) is 0 Å². The molecule has 2 fully saturated rings. The Kier molecular flexibility index (Phi) is 11.4. The highest BCUT2D eigenvalue weighted by atomic mass is 19.1. The third kappa shape index (κ3) is 7.81. The first kappa shape index (κ1) is 42.2. The Hall–Kier alpha value is -6.46. The van der Waals surface area contributed by atoms with Crippen LogP contribution in [0.25, 0.3) is 44.7 Å². The summed E-state index contributed by atoms with van der Waals surface area (Å²) in [6.07, 6.45) is -0.858. The maximum atomic E-state index is 14.9. The molecular formula is C44H51F2N9O7. The number of likely N-dealkylation sites (tertiary alicyclic amines) is 2. The van der Waals surface area contributed by atoms with Crippen molar-refractivity contribution in [3.8, 4) is 39.5 Å². The van der Waals surface area contributed by atoms with Gasteiger partial charge in [-0.2, -0.15) is 0 Å². The zero-order valence-corrected chi connectivity index (χ0v) is 35.6. The molecule has 4 N–H and O–H groups in total. The molecule has 7 atom stereocenters. The number of alkyl halides is 2. The Bertz CT molecular complexity index is 2520. The number of ether oxygens (including phenoxy) is 3. The largest absolute Gasteiger partial charge is 0.470 e. The van der Waals surface area contributed by atoms with E-state index in [1.165, 1.54) is 24.0 Å². The van der Waals surface area contributed by atoms with Crippen molar-refractivity contribution in [2.75, 3.05) is 27.3 Å². The van der Waals surface area contributed by atoms with Gasteiger partial charge >= 0.3 is 12.2 Å². The van der Waals surface area contributed by atoms with Crippen molar-refractivity contribution < 1.29 is 42.2 Å².